The lowest BCUT2D eigenvalue weighted by atomic mass is 10.1. The molecule has 24 heavy (non-hydrogen) atoms. The highest BCUT2D eigenvalue weighted by molar-refractivity contribution is 14.0. The van der Waals surface area contributed by atoms with E-state index < -0.39 is 5.97 Å². The number of furan rings is 1. The maximum Gasteiger partial charge on any atom is 0.374 e. The lowest BCUT2D eigenvalue weighted by molar-refractivity contribution is 0.0488. The van der Waals surface area contributed by atoms with Gasteiger partial charge in [0.1, 0.15) is 12.3 Å². The fourth-order valence-corrected chi connectivity index (χ4v) is 2.17. The summed E-state index contributed by atoms with van der Waals surface area (Å²) >= 11 is 0. The number of nitrogens with zero attached hydrogens (tertiary/aromatic N) is 1. The van der Waals surface area contributed by atoms with E-state index in [9.17, 15) is 4.79 Å². The van der Waals surface area contributed by atoms with E-state index in [2.05, 4.69) is 16.4 Å². The van der Waals surface area contributed by atoms with E-state index in [1.807, 2.05) is 26.0 Å². The van der Waals surface area contributed by atoms with Crippen molar-refractivity contribution < 1.29 is 13.9 Å². The van der Waals surface area contributed by atoms with Crippen molar-refractivity contribution in [3.63, 3.8) is 0 Å². The van der Waals surface area contributed by atoms with Crippen molar-refractivity contribution in [3.8, 4) is 0 Å². The van der Waals surface area contributed by atoms with Gasteiger partial charge in [0.05, 0.1) is 6.61 Å². The van der Waals surface area contributed by atoms with Crippen LogP contribution >= 0.6 is 24.0 Å². The van der Waals surface area contributed by atoms with Gasteiger partial charge in [0.15, 0.2) is 5.96 Å². The summed E-state index contributed by atoms with van der Waals surface area (Å²) in [4.78, 5) is 15.7. The predicted octanol–water partition coefficient (Wildman–Crippen LogP) is 3.62. The highest BCUT2D eigenvalue weighted by Gasteiger charge is 2.11. The first-order chi connectivity index (χ1) is 11.0. The highest BCUT2D eigenvalue weighted by atomic mass is 127. The van der Waals surface area contributed by atoms with Crippen LogP contribution in [0.3, 0.4) is 0 Å². The molecule has 1 heterocycles. The number of benzene rings is 1. The zero-order chi connectivity index (χ0) is 16.8. The van der Waals surface area contributed by atoms with E-state index >= 15 is 0 Å². The zero-order valence-corrected chi connectivity index (χ0v) is 16.3. The molecule has 130 valence electrons. The fraction of sp³-hybridized carbons (Fsp3) is 0.294. The molecule has 0 aliphatic carbocycles. The van der Waals surface area contributed by atoms with Gasteiger partial charge in [-0.05, 0) is 56.2 Å². The first-order valence-electron chi connectivity index (χ1n) is 7.39. The molecule has 0 unspecified atom stereocenters. The van der Waals surface area contributed by atoms with Crippen molar-refractivity contribution in [2.24, 2.45) is 10.7 Å². The van der Waals surface area contributed by atoms with Gasteiger partial charge in [-0.2, -0.15) is 0 Å². The van der Waals surface area contributed by atoms with Gasteiger partial charge in [0.25, 0.3) is 0 Å². The van der Waals surface area contributed by atoms with E-state index in [4.69, 9.17) is 14.9 Å². The molecule has 0 atom stereocenters. The van der Waals surface area contributed by atoms with Crippen molar-refractivity contribution in [1.29, 1.82) is 0 Å². The molecule has 0 spiro atoms. The van der Waals surface area contributed by atoms with Gasteiger partial charge < -0.3 is 20.2 Å². The average molecular weight is 443 g/mol. The quantitative estimate of drug-likeness (QED) is 0.319. The number of ether oxygens (including phenoxy) is 1. The summed E-state index contributed by atoms with van der Waals surface area (Å²) in [6.45, 7) is 6.32. The Balaban J connectivity index is 0.00000288. The fourth-order valence-electron chi connectivity index (χ4n) is 2.17. The van der Waals surface area contributed by atoms with Crippen molar-refractivity contribution >= 4 is 41.6 Å². The standard InChI is InChI=1S/C17H21N3O3.HI/c1-4-22-16(21)15-6-5-14(23-15)10-19-17(18)20-13-8-11(2)7-12(3)9-13;/h5-9H,4,10H2,1-3H3,(H3,18,19,20);1H. The second-order valence-corrected chi connectivity index (χ2v) is 5.19. The summed E-state index contributed by atoms with van der Waals surface area (Å²) in [6.07, 6.45) is 0. The Hall–Kier alpha value is -2.03. The Morgan fingerprint density at radius 3 is 2.54 bits per heavy atom. The Morgan fingerprint density at radius 2 is 1.92 bits per heavy atom. The number of aryl methyl sites for hydroxylation is 2. The van der Waals surface area contributed by atoms with Crippen LogP contribution in [0.2, 0.25) is 0 Å². The summed E-state index contributed by atoms with van der Waals surface area (Å²) < 4.78 is 10.2. The van der Waals surface area contributed by atoms with Crippen LogP contribution in [0.4, 0.5) is 5.69 Å². The van der Waals surface area contributed by atoms with Gasteiger partial charge in [0.2, 0.25) is 5.76 Å². The molecule has 0 aliphatic rings. The third-order valence-corrected chi connectivity index (χ3v) is 3.04. The lowest BCUT2D eigenvalue weighted by Crippen LogP contribution is -2.22. The molecule has 0 saturated heterocycles. The molecule has 2 aromatic rings. The normalized spacial score (nSPS) is 10.9. The van der Waals surface area contributed by atoms with Crippen LogP contribution in [-0.4, -0.2) is 18.5 Å². The minimum absolute atomic E-state index is 0. The van der Waals surface area contributed by atoms with Gasteiger partial charge in [-0.15, -0.1) is 24.0 Å². The number of esters is 1. The van der Waals surface area contributed by atoms with Crippen LogP contribution in [-0.2, 0) is 11.3 Å². The molecule has 1 aromatic carbocycles. The van der Waals surface area contributed by atoms with Crippen LogP contribution in [0.5, 0.6) is 0 Å². The number of aliphatic imine (C=N–C) groups is 1. The first-order valence-corrected chi connectivity index (χ1v) is 7.39. The third-order valence-electron chi connectivity index (χ3n) is 3.04. The Bertz CT molecular complexity index is 705. The summed E-state index contributed by atoms with van der Waals surface area (Å²) in [6, 6.07) is 9.30. The SMILES string of the molecule is CCOC(=O)c1ccc(CN=C(N)Nc2cc(C)cc(C)c2)o1.I. The Labute approximate surface area is 158 Å². The number of rotatable bonds is 5. The number of carbonyl (C=O) groups excluding carboxylic acids is 1. The van der Waals surface area contributed by atoms with Crippen LogP contribution in [0, 0.1) is 13.8 Å². The summed E-state index contributed by atoms with van der Waals surface area (Å²) in [5.41, 5.74) is 9.05. The zero-order valence-electron chi connectivity index (χ0n) is 14.0. The van der Waals surface area contributed by atoms with Crippen molar-refractivity contribution in [2.45, 2.75) is 27.3 Å². The summed E-state index contributed by atoms with van der Waals surface area (Å²) in [7, 11) is 0. The summed E-state index contributed by atoms with van der Waals surface area (Å²) in [5, 5.41) is 3.04. The van der Waals surface area contributed by atoms with Gasteiger partial charge >= 0.3 is 5.97 Å². The van der Waals surface area contributed by atoms with E-state index in [0.717, 1.165) is 16.8 Å². The van der Waals surface area contributed by atoms with E-state index in [-0.39, 0.29) is 42.2 Å². The molecular weight excluding hydrogens is 421 g/mol. The molecule has 1 aromatic heterocycles. The van der Waals surface area contributed by atoms with Crippen LogP contribution < -0.4 is 11.1 Å². The van der Waals surface area contributed by atoms with Crippen LogP contribution in [0.1, 0.15) is 34.4 Å². The maximum atomic E-state index is 11.5. The van der Waals surface area contributed by atoms with Gasteiger partial charge in [-0.3, -0.25) is 0 Å². The second-order valence-electron chi connectivity index (χ2n) is 5.19. The number of nitrogens with two attached hydrogens (primary N) is 1. The monoisotopic (exact) mass is 443 g/mol. The topological polar surface area (TPSA) is 89.8 Å². The first kappa shape index (κ1) is 20.0. The Kier molecular flexibility index (Phi) is 7.76. The van der Waals surface area contributed by atoms with E-state index in [1.165, 1.54) is 0 Å². The molecule has 0 saturated carbocycles. The number of carbonyl (C=O) groups is 1. The lowest BCUT2D eigenvalue weighted by Gasteiger charge is -2.07. The molecule has 0 amide bonds. The van der Waals surface area contributed by atoms with Gasteiger partial charge in [-0.25, -0.2) is 9.79 Å². The predicted molar refractivity (Wildman–Crippen MR) is 105 cm³/mol. The van der Waals surface area contributed by atoms with E-state index in [0.29, 0.717) is 12.4 Å². The Morgan fingerprint density at radius 1 is 1.25 bits per heavy atom. The highest BCUT2D eigenvalue weighted by Crippen LogP contribution is 2.14. The molecule has 0 radical (unpaired) electrons. The van der Waals surface area contributed by atoms with Crippen LogP contribution in [0.15, 0.2) is 39.7 Å². The minimum atomic E-state index is -0.482. The van der Waals surface area contributed by atoms with Gasteiger partial charge in [-0.1, -0.05) is 6.07 Å². The molecule has 0 fully saturated rings. The number of anilines is 1. The molecule has 0 aliphatic heterocycles. The molecule has 7 heteroatoms. The number of halogens is 1. The largest absolute Gasteiger partial charge is 0.460 e. The minimum Gasteiger partial charge on any atom is -0.460 e. The second kappa shape index (κ2) is 9.31. The number of hydrogen-bond donors (Lipinski definition) is 2. The third kappa shape index (κ3) is 5.88. The summed E-state index contributed by atoms with van der Waals surface area (Å²) in [5.74, 6) is 0.504. The average Bonchev–Trinajstić information content (AvgIpc) is 2.93. The van der Waals surface area contributed by atoms with E-state index in [1.54, 1.807) is 19.1 Å². The smallest absolute Gasteiger partial charge is 0.374 e. The van der Waals surface area contributed by atoms with Crippen LogP contribution in [0.25, 0.3) is 0 Å². The molecule has 0 bridgehead atoms. The molecule has 6 nitrogen and oxygen atoms in total. The molecule has 3 N–H and O–H groups in total. The number of guanidine groups is 1. The number of hydrogen-bond acceptors (Lipinski definition) is 4. The van der Waals surface area contributed by atoms with Crippen molar-refractivity contribution in [1.82, 2.24) is 0 Å². The number of nitrogens with one attached hydrogen (secondary N) is 1. The van der Waals surface area contributed by atoms with Crippen molar-refractivity contribution in [2.75, 3.05) is 11.9 Å². The maximum absolute atomic E-state index is 11.5. The molecule has 2 rings (SSSR count). The van der Waals surface area contributed by atoms with Gasteiger partial charge in [0, 0.05) is 5.69 Å². The molecular formula is C17H22IN3O3. The van der Waals surface area contributed by atoms with Crippen molar-refractivity contribution in [3.05, 3.63) is 53.0 Å².